The Morgan fingerprint density at radius 1 is 1.14 bits per heavy atom. The molecule has 4 heteroatoms. The van der Waals surface area contributed by atoms with E-state index in [1.807, 2.05) is 6.07 Å². The molecule has 4 nitrogen and oxygen atoms in total. The summed E-state index contributed by atoms with van der Waals surface area (Å²) in [6, 6.07) is 8.53. The van der Waals surface area contributed by atoms with Gasteiger partial charge in [-0.2, -0.15) is 0 Å². The van der Waals surface area contributed by atoms with Crippen LogP contribution in [0.25, 0.3) is 22.2 Å². The molecular formula is C24H33N3O. The first-order valence-corrected chi connectivity index (χ1v) is 10.5. The van der Waals surface area contributed by atoms with Crippen molar-refractivity contribution in [3.8, 4) is 16.9 Å². The highest BCUT2D eigenvalue weighted by atomic mass is 16.3. The van der Waals surface area contributed by atoms with Crippen LogP contribution < -0.4 is 0 Å². The Morgan fingerprint density at radius 2 is 1.89 bits per heavy atom. The molecule has 1 atom stereocenters. The maximum absolute atomic E-state index is 11.3. The summed E-state index contributed by atoms with van der Waals surface area (Å²) in [4.78, 5) is 0. The van der Waals surface area contributed by atoms with E-state index in [0.717, 1.165) is 53.4 Å². The summed E-state index contributed by atoms with van der Waals surface area (Å²) < 4.78 is 0. The van der Waals surface area contributed by atoms with Gasteiger partial charge in [0.25, 0.3) is 0 Å². The number of aromatic amines is 1. The maximum Gasteiger partial charge on any atom is 0.126 e. The minimum Gasteiger partial charge on any atom is -0.507 e. The van der Waals surface area contributed by atoms with Crippen molar-refractivity contribution < 1.29 is 5.11 Å². The highest BCUT2D eigenvalue weighted by Crippen LogP contribution is 2.43. The molecule has 0 aliphatic heterocycles. The first-order valence-electron chi connectivity index (χ1n) is 10.5. The van der Waals surface area contributed by atoms with Crippen LogP contribution >= 0.6 is 0 Å². The number of aromatic hydroxyl groups is 1. The van der Waals surface area contributed by atoms with E-state index in [1.54, 1.807) is 0 Å². The topological polar surface area (TPSA) is 61.8 Å². The van der Waals surface area contributed by atoms with E-state index >= 15 is 0 Å². The molecule has 3 aromatic rings. The Labute approximate surface area is 168 Å². The average Bonchev–Trinajstić information content (AvgIpc) is 3.13. The number of phenolic OH excluding ortho intramolecular Hbond substituents is 1. The quantitative estimate of drug-likeness (QED) is 0.515. The van der Waals surface area contributed by atoms with Gasteiger partial charge in [0.1, 0.15) is 11.3 Å². The number of nitrogens with zero attached hydrogens (tertiary/aromatic N) is 2. The van der Waals surface area contributed by atoms with E-state index in [9.17, 15) is 5.11 Å². The average molecular weight is 380 g/mol. The summed E-state index contributed by atoms with van der Waals surface area (Å²) in [6.45, 7) is 13.2. The fourth-order valence-corrected chi connectivity index (χ4v) is 3.71. The molecular weight excluding hydrogens is 346 g/mol. The first-order chi connectivity index (χ1) is 13.3. The molecule has 0 radical (unpaired) electrons. The highest BCUT2D eigenvalue weighted by molar-refractivity contribution is 5.95. The lowest BCUT2D eigenvalue weighted by atomic mass is 9.80. The molecule has 1 unspecified atom stereocenters. The fourth-order valence-electron chi connectivity index (χ4n) is 3.71. The van der Waals surface area contributed by atoms with E-state index in [4.69, 9.17) is 0 Å². The Bertz CT molecular complexity index is 966. The van der Waals surface area contributed by atoms with Gasteiger partial charge in [0.15, 0.2) is 0 Å². The summed E-state index contributed by atoms with van der Waals surface area (Å²) >= 11 is 0. The molecule has 0 saturated carbocycles. The molecule has 0 saturated heterocycles. The zero-order valence-electron chi connectivity index (χ0n) is 18.1. The second-order valence-electron chi connectivity index (χ2n) is 8.93. The normalized spacial score (nSPS) is 13.2. The minimum absolute atomic E-state index is 0.00797. The van der Waals surface area contributed by atoms with Gasteiger partial charge in [-0.1, -0.05) is 65.3 Å². The summed E-state index contributed by atoms with van der Waals surface area (Å²) in [7, 11) is 0. The largest absolute Gasteiger partial charge is 0.507 e. The van der Waals surface area contributed by atoms with Crippen molar-refractivity contribution in [2.75, 3.05) is 0 Å². The number of nitrogens with one attached hydrogen (secondary N) is 1. The third-order valence-electron chi connectivity index (χ3n) is 5.80. The van der Waals surface area contributed by atoms with Crippen molar-refractivity contribution in [2.45, 2.75) is 78.6 Å². The van der Waals surface area contributed by atoms with Gasteiger partial charge in [0.05, 0.1) is 5.52 Å². The van der Waals surface area contributed by atoms with Crippen molar-refractivity contribution in [3.05, 3.63) is 41.0 Å². The van der Waals surface area contributed by atoms with Gasteiger partial charge in [-0.15, -0.1) is 5.10 Å². The van der Waals surface area contributed by atoms with E-state index in [-0.39, 0.29) is 11.3 Å². The lowest BCUT2D eigenvalue weighted by Gasteiger charge is -2.25. The summed E-state index contributed by atoms with van der Waals surface area (Å²) in [5.74, 6) is 0.673. The lowest BCUT2D eigenvalue weighted by Crippen LogP contribution is -2.12. The van der Waals surface area contributed by atoms with E-state index in [1.165, 1.54) is 11.1 Å². The molecule has 0 aliphatic carbocycles. The zero-order valence-corrected chi connectivity index (χ0v) is 18.1. The molecule has 2 aromatic carbocycles. The molecule has 150 valence electrons. The van der Waals surface area contributed by atoms with Gasteiger partial charge in [0, 0.05) is 11.1 Å². The van der Waals surface area contributed by atoms with Gasteiger partial charge in [-0.25, -0.2) is 0 Å². The van der Waals surface area contributed by atoms with Crippen molar-refractivity contribution in [3.63, 3.8) is 0 Å². The molecule has 0 fully saturated rings. The third-order valence-corrected chi connectivity index (χ3v) is 5.80. The van der Waals surface area contributed by atoms with Crippen LogP contribution in [0.2, 0.25) is 0 Å². The van der Waals surface area contributed by atoms with Crippen LogP contribution in [-0.4, -0.2) is 20.5 Å². The molecule has 3 rings (SSSR count). The highest BCUT2D eigenvalue weighted by Gasteiger charge is 2.24. The Morgan fingerprint density at radius 3 is 2.54 bits per heavy atom. The number of aryl methyl sites for hydroxylation is 1. The number of rotatable bonds is 6. The fraction of sp³-hybridized carbons (Fsp3) is 0.500. The first kappa shape index (κ1) is 20.4. The van der Waals surface area contributed by atoms with E-state index in [2.05, 4.69) is 75.2 Å². The predicted molar refractivity (Wildman–Crippen MR) is 117 cm³/mol. The Kier molecular flexibility index (Phi) is 5.78. The number of aromatic nitrogens is 3. The number of unbranched alkanes of at least 4 members (excludes halogenated alkanes) is 1. The third kappa shape index (κ3) is 3.78. The molecule has 1 heterocycles. The molecule has 0 amide bonds. The number of fused-ring (bicyclic) bond motifs is 1. The van der Waals surface area contributed by atoms with Crippen LogP contribution in [0.3, 0.4) is 0 Å². The van der Waals surface area contributed by atoms with Gasteiger partial charge in [-0.3, -0.25) is 5.10 Å². The van der Waals surface area contributed by atoms with Crippen LogP contribution in [0.1, 0.15) is 83.4 Å². The standard InChI is InChI=1S/C24H33N3O/c1-7-9-10-16-11-12-20-22(26-27-25-20)21(16)19-14-17(24(4,5)6)13-18(23(19)28)15(3)8-2/h11-15,28H,7-10H2,1-6H3,(H,25,26,27). The van der Waals surface area contributed by atoms with Crippen LogP contribution in [0, 0.1) is 0 Å². The summed E-state index contributed by atoms with van der Waals surface area (Å²) in [5.41, 5.74) is 7.11. The van der Waals surface area contributed by atoms with Crippen molar-refractivity contribution in [1.82, 2.24) is 15.4 Å². The maximum atomic E-state index is 11.3. The Balaban J connectivity index is 2.35. The van der Waals surface area contributed by atoms with Crippen molar-refractivity contribution in [2.24, 2.45) is 0 Å². The lowest BCUT2D eigenvalue weighted by molar-refractivity contribution is 0.462. The molecule has 2 N–H and O–H groups in total. The number of phenols is 1. The van der Waals surface area contributed by atoms with Crippen molar-refractivity contribution >= 4 is 11.0 Å². The van der Waals surface area contributed by atoms with E-state index < -0.39 is 0 Å². The molecule has 28 heavy (non-hydrogen) atoms. The van der Waals surface area contributed by atoms with Gasteiger partial charge >= 0.3 is 0 Å². The van der Waals surface area contributed by atoms with Gasteiger partial charge < -0.3 is 5.11 Å². The van der Waals surface area contributed by atoms with Crippen LogP contribution in [0.4, 0.5) is 0 Å². The van der Waals surface area contributed by atoms with Crippen LogP contribution in [-0.2, 0) is 11.8 Å². The predicted octanol–water partition coefficient (Wildman–Crippen LogP) is 6.48. The molecule has 0 spiro atoms. The van der Waals surface area contributed by atoms with Gasteiger partial charge in [0.2, 0.25) is 0 Å². The number of hydrogen-bond acceptors (Lipinski definition) is 3. The number of hydrogen-bond donors (Lipinski definition) is 2. The SMILES string of the molecule is CCCCc1ccc2[nH]nnc2c1-c1cc(C(C)(C)C)cc(C(C)CC)c1O. The van der Waals surface area contributed by atoms with Crippen molar-refractivity contribution in [1.29, 1.82) is 0 Å². The summed E-state index contributed by atoms with van der Waals surface area (Å²) in [6.07, 6.45) is 4.18. The number of H-pyrrole nitrogens is 1. The van der Waals surface area contributed by atoms with E-state index in [0.29, 0.717) is 5.75 Å². The Hall–Kier alpha value is -2.36. The monoisotopic (exact) mass is 379 g/mol. The molecule has 1 aromatic heterocycles. The van der Waals surface area contributed by atoms with Gasteiger partial charge in [-0.05, 0) is 59.4 Å². The second-order valence-corrected chi connectivity index (χ2v) is 8.93. The number of benzene rings is 2. The molecule has 0 aliphatic rings. The van der Waals surface area contributed by atoms with Crippen LogP contribution in [0.5, 0.6) is 5.75 Å². The molecule has 0 bridgehead atoms. The zero-order chi connectivity index (χ0) is 20.5. The minimum atomic E-state index is -0.00797. The van der Waals surface area contributed by atoms with Crippen LogP contribution in [0.15, 0.2) is 24.3 Å². The summed E-state index contributed by atoms with van der Waals surface area (Å²) in [5, 5.41) is 22.7. The second kappa shape index (κ2) is 7.94. The smallest absolute Gasteiger partial charge is 0.126 e.